The van der Waals surface area contributed by atoms with Crippen molar-refractivity contribution >= 4 is 5.78 Å². The Labute approximate surface area is 101 Å². The maximum Gasteiger partial charge on any atom is 0.152 e. The monoisotopic (exact) mass is 227 g/mol. The van der Waals surface area contributed by atoms with Crippen LogP contribution < -0.4 is 0 Å². The van der Waals surface area contributed by atoms with Gasteiger partial charge in [-0.25, -0.2) is 0 Å². The third-order valence-electron chi connectivity index (χ3n) is 3.42. The van der Waals surface area contributed by atoms with Crippen molar-refractivity contribution in [2.75, 3.05) is 13.1 Å². The molecule has 0 aliphatic rings. The van der Waals surface area contributed by atoms with Crippen molar-refractivity contribution in [1.82, 2.24) is 4.90 Å². The van der Waals surface area contributed by atoms with E-state index in [2.05, 4.69) is 46.4 Å². The molecule has 0 radical (unpaired) electrons. The fourth-order valence-electron chi connectivity index (χ4n) is 2.17. The zero-order valence-corrected chi connectivity index (χ0v) is 12.0. The minimum atomic E-state index is -0.291. The summed E-state index contributed by atoms with van der Waals surface area (Å²) in [5.74, 6) is 1.08. The lowest BCUT2D eigenvalue weighted by Crippen LogP contribution is -2.49. The van der Waals surface area contributed by atoms with Gasteiger partial charge in [-0.05, 0) is 39.3 Å². The Kier molecular flexibility index (Phi) is 6.89. The maximum atomic E-state index is 12.2. The Balaban J connectivity index is 4.23. The first-order chi connectivity index (χ1) is 7.36. The fourth-order valence-corrected chi connectivity index (χ4v) is 2.17. The van der Waals surface area contributed by atoms with Gasteiger partial charge >= 0.3 is 0 Å². The summed E-state index contributed by atoms with van der Waals surface area (Å²) in [4.78, 5) is 14.4. The summed E-state index contributed by atoms with van der Waals surface area (Å²) in [5.41, 5.74) is -0.291. The molecule has 0 atom stereocenters. The second-order valence-corrected chi connectivity index (χ2v) is 5.44. The molecule has 0 aliphatic carbocycles. The van der Waals surface area contributed by atoms with Crippen LogP contribution in [-0.2, 0) is 4.79 Å². The number of ketones is 1. The standard InChI is InChI=1S/C14H29NO/c1-7-15(8-2)14(5,6)13(16)11-9-10-12(3)4/h12H,7-11H2,1-6H3. The summed E-state index contributed by atoms with van der Waals surface area (Å²) in [6.45, 7) is 14.6. The molecule has 0 saturated carbocycles. The number of rotatable bonds is 8. The molecule has 0 saturated heterocycles. The Morgan fingerprint density at radius 2 is 1.69 bits per heavy atom. The maximum absolute atomic E-state index is 12.2. The van der Waals surface area contributed by atoms with Gasteiger partial charge in [0.05, 0.1) is 5.54 Å². The van der Waals surface area contributed by atoms with E-state index < -0.39 is 0 Å². The summed E-state index contributed by atoms with van der Waals surface area (Å²) < 4.78 is 0. The third kappa shape index (κ3) is 4.65. The van der Waals surface area contributed by atoms with Gasteiger partial charge in [0.2, 0.25) is 0 Å². The van der Waals surface area contributed by atoms with E-state index in [1.807, 2.05) is 0 Å². The molecule has 2 nitrogen and oxygen atoms in total. The average Bonchev–Trinajstić information content (AvgIpc) is 2.18. The van der Waals surface area contributed by atoms with Crippen molar-refractivity contribution in [2.45, 2.75) is 66.3 Å². The minimum Gasteiger partial charge on any atom is -0.298 e. The van der Waals surface area contributed by atoms with E-state index in [4.69, 9.17) is 0 Å². The van der Waals surface area contributed by atoms with Gasteiger partial charge in [-0.2, -0.15) is 0 Å². The normalized spacial score (nSPS) is 12.5. The molecule has 2 heteroatoms. The molecule has 0 heterocycles. The van der Waals surface area contributed by atoms with Crippen LogP contribution in [0.4, 0.5) is 0 Å². The summed E-state index contributed by atoms with van der Waals surface area (Å²) in [5, 5.41) is 0. The molecule has 0 aliphatic heterocycles. The first-order valence-corrected chi connectivity index (χ1v) is 6.64. The van der Waals surface area contributed by atoms with Gasteiger partial charge < -0.3 is 0 Å². The van der Waals surface area contributed by atoms with Crippen LogP contribution in [0.25, 0.3) is 0 Å². The molecule has 0 fully saturated rings. The smallest absolute Gasteiger partial charge is 0.152 e. The van der Waals surface area contributed by atoms with E-state index in [1.165, 1.54) is 0 Å². The van der Waals surface area contributed by atoms with E-state index in [9.17, 15) is 4.79 Å². The number of carbonyl (C=O) groups is 1. The number of carbonyl (C=O) groups excluding carboxylic acids is 1. The fraction of sp³-hybridized carbons (Fsp3) is 0.929. The van der Waals surface area contributed by atoms with Gasteiger partial charge in [0, 0.05) is 6.42 Å². The highest BCUT2D eigenvalue weighted by Crippen LogP contribution is 2.19. The molecule has 0 aromatic heterocycles. The Hall–Kier alpha value is -0.370. The van der Waals surface area contributed by atoms with Crippen LogP contribution in [0, 0.1) is 5.92 Å². The highest BCUT2D eigenvalue weighted by Gasteiger charge is 2.31. The van der Waals surface area contributed by atoms with Crippen LogP contribution in [0.2, 0.25) is 0 Å². The molecule has 0 bridgehead atoms. The Morgan fingerprint density at radius 3 is 2.06 bits per heavy atom. The molecule has 0 N–H and O–H groups in total. The molecule has 0 aromatic carbocycles. The molecule has 0 rings (SSSR count). The van der Waals surface area contributed by atoms with Gasteiger partial charge in [0.25, 0.3) is 0 Å². The first kappa shape index (κ1) is 15.6. The van der Waals surface area contributed by atoms with Crippen LogP contribution >= 0.6 is 0 Å². The van der Waals surface area contributed by atoms with E-state index in [1.54, 1.807) is 0 Å². The Bertz CT molecular complexity index is 205. The number of hydrogen-bond donors (Lipinski definition) is 0. The van der Waals surface area contributed by atoms with Gasteiger partial charge in [-0.15, -0.1) is 0 Å². The Morgan fingerprint density at radius 1 is 1.19 bits per heavy atom. The molecule has 0 unspecified atom stereocenters. The lowest BCUT2D eigenvalue weighted by molar-refractivity contribution is -0.129. The molecular formula is C14H29NO. The topological polar surface area (TPSA) is 20.3 Å². The van der Waals surface area contributed by atoms with Crippen LogP contribution in [0.1, 0.15) is 60.8 Å². The van der Waals surface area contributed by atoms with Crippen LogP contribution in [0.3, 0.4) is 0 Å². The number of Topliss-reactive ketones (excluding diaryl/α,β-unsaturated/α-hetero) is 1. The lowest BCUT2D eigenvalue weighted by atomic mass is 9.91. The van der Waals surface area contributed by atoms with Gasteiger partial charge in [-0.3, -0.25) is 9.69 Å². The molecule has 0 spiro atoms. The van der Waals surface area contributed by atoms with Gasteiger partial charge in [-0.1, -0.05) is 34.1 Å². The van der Waals surface area contributed by atoms with E-state index in [-0.39, 0.29) is 5.54 Å². The van der Waals surface area contributed by atoms with Gasteiger partial charge in [0.15, 0.2) is 5.78 Å². The highest BCUT2D eigenvalue weighted by molar-refractivity contribution is 5.87. The quantitative estimate of drug-likeness (QED) is 0.632. The van der Waals surface area contributed by atoms with Crippen molar-refractivity contribution in [3.63, 3.8) is 0 Å². The van der Waals surface area contributed by atoms with E-state index in [0.717, 1.165) is 32.4 Å². The molecule has 0 aromatic rings. The molecule has 0 amide bonds. The zero-order valence-electron chi connectivity index (χ0n) is 12.0. The molecular weight excluding hydrogens is 198 g/mol. The summed E-state index contributed by atoms with van der Waals surface area (Å²) >= 11 is 0. The number of likely N-dealkylation sites (N-methyl/N-ethyl adjacent to an activating group) is 1. The minimum absolute atomic E-state index is 0.291. The highest BCUT2D eigenvalue weighted by atomic mass is 16.1. The van der Waals surface area contributed by atoms with Crippen molar-refractivity contribution in [1.29, 1.82) is 0 Å². The molecule has 16 heavy (non-hydrogen) atoms. The summed E-state index contributed by atoms with van der Waals surface area (Å²) in [6.07, 6.45) is 2.91. The second kappa shape index (κ2) is 7.05. The predicted molar refractivity (Wildman–Crippen MR) is 70.7 cm³/mol. The van der Waals surface area contributed by atoms with Crippen LogP contribution in [0.15, 0.2) is 0 Å². The van der Waals surface area contributed by atoms with Gasteiger partial charge in [0.1, 0.15) is 0 Å². The largest absolute Gasteiger partial charge is 0.298 e. The average molecular weight is 227 g/mol. The lowest BCUT2D eigenvalue weighted by Gasteiger charge is -2.35. The van der Waals surface area contributed by atoms with E-state index >= 15 is 0 Å². The van der Waals surface area contributed by atoms with Crippen molar-refractivity contribution < 1.29 is 4.79 Å². The van der Waals surface area contributed by atoms with Crippen molar-refractivity contribution in [3.05, 3.63) is 0 Å². The second-order valence-electron chi connectivity index (χ2n) is 5.44. The third-order valence-corrected chi connectivity index (χ3v) is 3.42. The van der Waals surface area contributed by atoms with Crippen LogP contribution in [-0.4, -0.2) is 29.3 Å². The number of hydrogen-bond acceptors (Lipinski definition) is 2. The SMILES string of the molecule is CCN(CC)C(C)(C)C(=O)CCCC(C)C. The number of nitrogens with zero attached hydrogens (tertiary/aromatic N) is 1. The van der Waals surface area contributed by atoms with Crippen molar-refractivity contribution in [2.24, 2.45) is 5.92 Å². The predicted octanol–water partition coefficient (Wildman–Crippen LogP) is 3.50. The molecule has 96 valence electrons. The zero-order chi connectivity index (χ0) is 12.8. The summed E-state index contributed by atoms with van der Waals surface area (Å²) in [7, 11) is 0. The van der Waals surface area contributed by atoms with Crippen LogP contribution in [0.5, 0.6) is 0 Å². The first-order valence-electron chi connectivity index (χ1n) is 6.64. The summed E-state index contributed by atoms with van der Waals surface area (Å²) in [6, 6.07) is 0. The van der Waals surface area contributed by atoms with Crippen molar-refractivity contribution in [3.8, 4) is 0 Å². The van der Waals surface area contributed by atoms with E-state index in [0.29, 0.717) is 11.7 Å².